The molecule has 1 rings (SSSR count). The molecule has 0 aliphatic rings. The first-order valence-electron chi connectivity index (χ1n) is 6.08. The summed E-state index contributed by atoms with van der Waals surface area (Å²) in [6, 6.07) is 3.46. The average molecular weight is 269 g/mol. The van der Waals surface area contributed by atoms with Crippen LogP contribution in [0.4, 0.5) is 0 Å². The molecule has 0 radical (unpaired) electrons. The van der Waals surface area contributed by atoms with Gasteiger partial charge in [0.15, 0.2) is 0 Å². The van der Waals surface area contributed by atoms with Crippen molar-refractivity contribution in [2.24, 2.45) is 0 Å². The maximum Gasteiger partial charge on any atom is 0.329 e. The smallest absolute Gasteiger partial charge is 0.329 e. The van der Waals surface area contributed by atoms with E-state index in [9.17, 15) is 9.59 Å². The van der Waals surface area contributed by atoms with Crippen LogP contribution in [0.3, 0.4) is 0 Å². The highest BCUT2D eigenvalue weighted by Gasteiger charge is 2.21. The molecule has 0 aliphatic heterocycles. The number of amides is 1. The number of nitrogens with one attached hydrogen (secondary N) is 1. The quantitative estimate of drug-likeness (QED) is 0.803. The summed E-state index contributed by atoms with van der Waals surface area (Å²) in [5.74, 6) is -0.598. The second-order valence-electron chi connectivity index (χ2n) is 3.93. The minimum absolute atomic E-state index is 0.222. The van der Waals surface area contributed by atoms with Gasteiger partial charge < -0.3 is 10.1 Å². The third-order valence-electron chi connectivity index (χ3n) is 2.42. The van der Waals surface area contributed by atoms with E-state index in [0.29, 0.717) is 13.0 Å². The fourth-order valence-electron chi connectivity index (χ4n) is 1.60. The second kappa shape index (κ2) is 7.16. The number of hydrogen-bond acceptors (Lipinski definition) is 4. The van der Waals surface area contributed by atoms with Crippen LogP contribution in [0.1, 0.15) is 30.5 Å². The Morgan fingerprint density at radius 2 is 2.00 bits per heavy atom. The molecule has 1 amide bonds. The fourth-order valence-corrected chi connectivity index (χ4v) is 2.61. The lowest BCUT2D eigenvalue weighted by atomic mass is 10.2. The molecule has 100 valence electrons. The molecule has 1 atom stereocenters. The molecule has 0 saturated heterocycles. The van der Waals surface area contributed by atoms with Crippen molar-refractivity contribution in [2.75, 3.05) is 6.61 Å². The van der Waals surface area contributed by atoms with Crippen molar-refractivity contribution in [1.82, 2.24) is 5.32 Å². The highest BCUT2D eigenvalue weighted by atomic mass is 32.1. The van der Waals surface area contributed by atoms with E-state index in [4.69, 9.17) is 4.74 Å². The van der Waals surface area contributed by atoms with Gasteiger partial charge in [0.05, 0.1) is 6.61 Å². The Balaban J connectivity index is 2.70. The normalized spacial score (nSPS) is 11.9. The van der Waals surface area contributed by atoms with E-state index < -0.39 is 6.04 Å². The Morgan fingerprint density at radius 3 is 2.50 bits per heavy atom. The number of esters is 1. The third kappa shape index (κ3) is 4.49. The lowest BCUT2D eigenvalue weighted by molar-refractivity contribution is -0.147. The van der Waals surface area contributed by atoms with Gasteiger partial charge in [-0.3, -0.25) is 4.79 Å². The Hall–Kier alpha value is -1.36. The number of carbonyl (C=O) groups is 2. The molecule has 1 unspecified atom stereocenters. The zero-order chi connectivity index (χ0) is 13.5. The van der Waals surface area contributed by atoms with Crippen molar-refractivity contribution in [3.05, 3.63) is 21.9 Å². The van der Waals surface area contributed by atoms with Gasteiger partial charge in [-0.05, 0) is 25.5 Å². The number of ether oxygens (including phenoxy) is 1. The number of aryl methyl sites for hydroxylation is 1. The van der Waals surface area contributed by atoms with Gasteiger partial charge in [-0.25, -0.2) is 4.79 Å². The molecule has 0 aromatic carbocycles. The van der Waals surface area contributed by atoms with Gasteiger partial charge in [0.25, 0.3) is 0 Å². The first kappa shape index (κ1) is 14.7. The van der Waals surface area contributed by atoms with Crippen LogP contribution in [-0.4, -0.2) is 24.5 Å². The SMILES string of the molecule is CCOC(=O)C(Cc1ccc(CC)s1)NC(C)=O. The molecule has 0 fully saturated rings. The van der Waals surface area contributed by atoms with Crippen molar-refractivity contribution >= 4 is 23.2 Å². The van der Waals surface area contributed by atoms with E-state index in [1.807, 2.05) is 6.07 Å². The van der Waals surface area contributed by atoms with E-state index in [1.54, 1.807) is 18.3 Å². The van der Waals surface area contributed by atoms with Gasteiger partial charge in [0.2, 0.25) is 5.91 Å². The Bertz CT molecular complexity index is 414. The largest absolute Gasteiger partial charge is 0.464 e. The predicted octanol–water partition coefficient (Wildman–Crippen LogP) is 1.92. The summed E-state index contributed by atoms with van der Waals surface area (Å²) in [5.41, 5.74) is 0. The van der Waals surface area contributed by atoms with Crippen molar-refractivity contribution in [3.63, 3.8) is 0 Å². The van der Waals surface area contributed by atoms with Crippen LogP contribution in [0.15, 0.2) is 12.1 Å². The molecular weight excluding hydrogens is 250 g/mol. The molecule has 0 spiro atoms. The maximum absolute atomic E-state index is 11.7. The topological polar surface area (TPSA) is 55.4 Å². The minimum atomic E-state index is -0.592. The van der Waals surface area contributed by atoms with E-state index in [-0.39, 0.29) is 11.9 Å². The number of hydrogen-bond donors (Lipinski definition) is 1. The molecule has 18 heavy (non-hydrogen) atoms. The van der Waals surface area contributed by atoms with E-state index in [2.05, 4.69) is 18.3 Å². The van der Waals surface area contributed by atoms with E-state index in [1.165, 1.54) is 11.8 Å². The first-order valence-corrected chi connectivity index (χ1v) is 6.89. The molecule has 4 nitrogen and oxygen atoms in total. The van der Waals surface area contributed by atoms with Crippen molar-refractivity contribution in [1.29, 1.82) is 0 Å². The zero-order valence-electron chi connectivity index (χ0n) is 11.0. The lowest BCUT2D eigenvalue weighted by Gasteiger charge is -2.15. The summed E-state index contributed by atoms with van der Waals surface area (Å²) < 4.78 is 4.96. The van der Waals surface area contributed by atoms with E-state index in [0.717, 1.165) is 11.3 Å². The Kier molecular flexibility index (Phi) is 5.85. The summed E-state index contributed by atoms with van der Waals surface area (Å²) in [6.07, 6.45) is 1.47. The Labute approximate surface area is 111 Å². The molecule has 0 bridgehead atoms. The molecule has 1 N–H and O–H groups in total. The summed E-state index contributed by atoms with van der Waals surface area (Å²) in [4.78, 5) is 25.2. The summed E-state index contributed by atoms with van der Waals surface area (Å²) >= 11 is 1.66. The van der Waals surface area contributed by atoms with Gasteiger partial charge in [0.1, 0.15) is 6.04 Å². The van der Waals surface area contributed by atoms with Crippen LogP contribution in [0.2, 0.25) is 0 Å². The van der Waals surface area contributed by atoms with Gasteiger partial charge in [-0.2, -0.15) is 0 Å². The van der Waals surface area contributed by atoms with Crippen LogP contribution in [-0.2, 0) is 27.2 Å². The highest BCUT2D eigenvalue weighted by molar-refractivity contribution is 7.12. The standard InChI is InChI=1S/C13H19NO3S/c1-4-10-6-7-11(18-10)8-12(14-9(3)15)13(16)17-5-2/h6-7,12H,4-5,8H2,1-3H3,(H,14,15). The molecule has 0 aliphatic carbocycles. The summed E-state index contributed by atoms with van der Waals surface area (Å²) in [7, 11) is 0. The van der Waals surface area contributed by atoms with Crippen LogP contribution < -0.4 is 5.32 Å². The number of rotatable bonds is 6. The van der Waals surface area contributed by atoms with E-state index >= 15 is 0 Å². The van der Waals surface area contributed by atoms with Crippen LogP contribution >= 0.6 is 11.3 Å². The molecular formula is C13H19NO3S. The van der Waals surface area contributed by atoms with Crippen molar-refractivity contribution < 1.29 is 14.3 Å². The number of thiophene rings is 1. The predicted molar refractivity (Wildman–Crippen MR) is 71.6 cm³/mol. The zero-order valence-corrected chi connectivity index (χ0v) is 11.8. The first-order chi connectivity index (χ1) is 8.56. The molecule has 1 aromatic heterocycles. The summed E-state index contributed by atoms with van der Waals surface area (Å²) in [5, 5.41) is 2.63. The molecule has 1 aromatic rings. The molecule has 5 heteroatoms. The van der Waals surface area contributed by atoms with Crippen molar-refractivity contribution in [3.8, 4) is 0 Å². The molecule has 0 saturated carbocycles. The maximum atomic E-state index is 11.7. The highest BCUT2D eigenvalue weighted by Crippen LogP contribution is 2.18. The number of carbonyl (C=O) groups excluding carboxylic acids is 2. The van der Waals surface area contributed by atoms with Crippen LogP contribution in [0.25, 0.3) is 0 Å². The Morgan fingerprint density at radius 1 is 1.33 bits per heavy atom. The fraction of sp³-hybridized carbons (Fsp3) is 0.538. The van der Waals surface area contributed by atoms with Crippen molar-refractivity contribution in [2.45, 2.75) is 39.7 Å². The van der Waals surface area contributed by atoms with Crippen LogP contribution in [0.5, 0.6) is 0 Å². The van der Waals surface area contributed by atoms with Crippen LogP contribution in [0, 0.1) is 0 Å². The average Bonchev–Trinajstić information content (AvgIpc) is 2.75. The third-order valence-corrected chi connectivity index (χ3v) is 3.67. The second-order valence-corrected chi connectivity index (χ2v) is 5.18. The summed E-state index contributed by atoms with van der Waals surface area (Å²) in [6.45, 7) is 5.56. The van der Waals surface area contributed by atoms with Gasteiger partial charge in [-0.1, -0.05) is 6.92 Å². The van der Waals surface area contributed by atoms with Gasteiger partial charge in [0, 0.05) is 23.1 Å². The van der Waals surface area contributed by atoms with Gasteiger partial charge >= 0.3 is 5.97 Å². The monoisotopic (exact) mass is 269 g/mol. The molecule has 1 heterocycles. The lowest BCUT2D eigenvalue weighted by Crippen LogP contribution is -2.42. The minimum Gasteiger partial charge on any atom is -0.464 e. The van der Waals surface area contributed by atoms with Gasteiger partial charge in [-0.15, -0.1) is 11.3 Å².